The number of hydrogen-bond donors (Lipinski definition) is 2. The Labute approximate surface area is 141 Å². The van der Waals surface area contributed by atoms with Gasteiger partial charge in [0.15, 0.2) is 5.78 Å². The van der Waals surface area contributed by atoms with E-state index in [0.29, 0.717) is 12.1 Å². The lowest BCUT2D eigenvalue weighted by atomic mass is 9.87. The van der Waals surface area contributed by atoms with E-state index < -0.39 is 0 Å². The maximum atomic E-state index is 12.8. The van der Waals surface area contributed by atoms with E-state index in [-0.39, 0.29) is 17.7 Å². The summed E-state index contributed by atoms with van der Waals surface area (Å²) in [5.74, 6) is 0.0588. The Balaban J connectivity index is 1.61. The van der Waals surface area contributed by atoms with Gasteiger partial charge in [0.2, 0.25) is 0 Å². The molecule has 2 aliphatic rings. The molecule has 0 aliphatic heterocycles. The Morgan fingerprint density at radius 3 is 2.83 bits per heavy atom. The number of carbonyl (C=O) groups is 2. The second-order valence-electron chi connectivity index (χ2n) is 6.87. The average Bonchev–Trinajstić information content (AvgIpc) is 2.93. The van der Waals surface area contributed by atoms with Crippen molar-refractivity contribution in [3.05, 3.63) is 57.9 Å². The molecule has 1 atom stereocenters. The lowest BCUT2D eigenvalue weighted by molar-refractivity contribution is 0.0927. The third-order valence-electron chi connectivity index (χ3n) is 5.34. The quantitative estimate of drug-likeness (QED) is 0.886. The van der Waals surface area contributed by atoms with Crippen molar-refractivity contribution in [3.63, 3.8) is 0 Å². The van der Waals surface area contributed by atoms with Crippen molar-refractivity contribution in [2.24, 2.45) is 0 Å². The molecule has 1 aromatic heterocycles. The summed E-state index contributed by atoms with van der Waals surface area (Å²) in [5, 5.41) is 3.17. The third-order valence-corrected chi connectivity index (χ3v) is 5.34. The fourth-order valence-electron chi connectivity index (χ4n) is 4.14. The summed E-state index contributed by atoms with van der Waals surface area (Å²) in [7, 11) is 0. The maximum Gasteiger partial charge on any atom is 0.268 e. The van der Waals surface area contributed by atoms with Gasteiger partial charge in [-0.3, -0.25) is 9.59 Å². The van der Waals surface area contributed by atoms with E-state index in [2.05, 4.69) is 28.5 Å². The number of ketones is 1. The van der Waals surface area contributed by atoms with Crippen LogP contribution in [0.5, 0.6) is 0 Å². The molecule has 0 bridgehead atoms. The van der Waals surface area contributed by atoms with Gasteiger partial charge in [0, 0.05) is 17.7 Å². The summed E-state index contributed by atoms with van der Waals surface area (Å²) in [6, 6.07) is 8.39. The molecule has 0 spiro atoms. The van der Waals surface area contributed by atoms with Crippen LogP contribution in [0, 0.1) is 6.92 Å². The molecule has 1 unspecified atom stereocenters. The van der Waals surface area contributed by atoms with E-state index in [4.69, 9.17) is 0 Å². The molecule has 1 aromatic carbocycles. The van der Waals surface area contributed by atoms with Crippen molar-refractivity contribution in [2.45, 2.75) is 51.5 Å². The van der Waals surface area contributed by atoms with Crippen LogP contribution in [0.3, 0.4) is 0 Å². The van der Waals surface area contributed by atoms with E-state index >= 15 is 0 Å². The van der Waals surface area contributed by atoms with Gasteiger partial charge in [-0.05, 0) is 55.7 Å². The number of aromatic nitrogens is 1. The minimum absolute atomic E-state index is 0.0536. The van der Waals surface area contributed by atoms with E-state index in [1.54, 1.807) is 0 Å². The molecule has 0 fully saturated rings. The maximum absolute atomic E-state index is 12.8. The highest BCUT2D eigenvalue weighted by molar-refractivity contribution is 6.04. The molecule has 2 aliphatic carbocycles. The van der Waals surface area contributed by atoms with Crippen molar-refractivity contribution in [2.75, 3.05) is 0 Å². The lowest BCUT2D eigenvalue weighted by Gasteiger charge is -2.26. The fourth-order valence-corrected chi connectivity index (χ4v) is 4.14. The van der Waals surface area contributed by atoms with Crippen molar-refractivity contribution in [1.29, 1.82) is 0 Å². The molecule has 0 saturated heterocycles. The van der Waals surface area contributed by atoms with Gasteiger partial charge in [-0.2, -0.15) is 0 Å². The van der Waals surface area contributed by atoms with Crippen molar-refractivity contribution in [3.8, 4) is 0 Å². The molecule has 4 rings (SSSR count). The summed E-state index contributed by atoms with van der Waals surface area (Å²) in [5.41, 5.74) is 5.58. The number of hydrogen-bond acceptors (Lipinski definition) is 2. The van der Waals surface area contributed by atoms with E-state index in [1.165, 1.54) is 11.1 Å². The Morgan fingerprint density at radius 1 is 1.17 bits per heavy atom. The molecule has 4 nitrogen and oxygen atoms in total. The van der Waals surface area contributed by atoms with E-state index in [9.17, 15) is 9.59 Å². The summed E-state index contributed by atoms with van der Waals surface area (Å²) in [6.45, 7) is 1.88. The van der Waals surface area contributed by atoms with Crippen LogP contribution in [0.2, 0.25) is 0 Å². The van der Waals surface area contributed by atoms with Gasteiger partial charge in [-0.15, -0.1) is 0 Å². The first-order valence-corrected chi connectivity index (χ1v) is 8.78. The molecule has 2 N–H and O–H groups in total. The molecular formula is C20H22N2O2. The minimum Gasteiger partial charge on any atom is -0.354 e. The highest BCUT2D eigenvalue weighted by Gasteiger charge is 2.28. The second-order valence-corrected chi connectivity index (χ2v) is 6.87. The normalized spacial score (nSPS) is 19.5. The minimum atomic E-state index is -0.101. The summed E-state index contributed by atoms with van der Waals surface area (Å²) in [6.07, 6.45) is 5.42. The number of Topliss-reactive ketones (excluding diaryl/α,β-unsaturated/α-hetero) is 1. The largest absolute Gasteiger partial charge is 0.354 e. The molecule has 0 saturated carbocycles. The van der Waals surface area contributed by atoms with Gasteiger partial charge in [-0.25, -0.2) is 0 Å². The molecule has 24 heavy (non-hydrogen) atoms. The first-order chi connectivity index (χ1) is 11.6. The summed E-state index contributed by atoms with van der Waals surface area (Å²) >= 11 is 0. The van der Waals surface area contributed by atoms with Gasteiger partial charge in [0.25, 0.3) is 5.91 Å². The Hall–Kier alpha value is -2.36. The van der Waals surface area contributed by atoms with Crippen LogP contribution in [0.15, 0.2) is 24.3 Å². The third kappa shape index (κ3) is 2.46. The fraction of sp³-hybridized carbons (Fsp3) is 0.400. The zero-order chi connectivity index (χ0) is 16.7. The number of H-pyrrole nitrogens is 1. The highest BCUT2D eigenvalue weighted by atomic mass is 16.2. The van der Waals surface area contributed by atoms with Gasteiger partial charge < -0.3 is 10.3 Å². The standard InChI is InChI=1S/C20H22N2O2/c1-12-18-16(10-5-11-17(18)23)21-19(12)20(24)22-15-9-4-7-13-6-2-3-8-14(13)15/h2-3,6,8,15,21H,4-5,7,9-11H2,1H3,(H,22,24). The average molecular weight is 322 g/mol. The van der Waals surface area contributed by atoms with E-state index in [0.717, 1.165) is 48.9 Å². The number of aryl methyl sites for hydroxylation is 2. The first kappa shape index (κ1) is 15.2. The number of carbonyl (C=O) groups excluding carboxylic acids is 2. The number of benzene rings is 1. The van der Waals surface area contributed by atoms with Gasteiger partial charge in [0.05, 0.1) is 6.04 Å². The molecule has 1 amide bonds. The van der Waals surface area contributed by atoms with Crippen LogP contribution in [0.1, 0.15) is 75.0 Å². The summed E-state index contributed by atoms with van der Waals surface area (Å²) < 4.78 is 0. The zero-order valence-corrected chi connectivity index (χ0v) is 13.9. The van der Waals surface area contributed by atoms with Crippen LogP contribution in [-0.4, -0.2) is 16.7 Å². The lowest BCUT2D eigenvalue weighted by Crippen LogP contribution is -2.31. The van der Waals surface area contributed by atoms with Crippen LogP contribution in [0.4, 0.5) is 0 Å². The van der Waals surface area contributed by atoms with Gasteiger partial charge in [-0.1, -0.05) is 24.3 Å². The molecule has 1 heterocycles. The predicted octanol–water partition coefficient (Wildman–Crippen LogP) is 3.65. The second kappa shape index (κ2) is 5.93. The molecule has 0 radical (unpaired) electrons. The summed E-state index contributed by atoms with van der Waals surface area (Å²) in [4.78, 5) is 28.2. The van der Waals surface area contributed by atoms with Crippen LogP contribution in [0.25, 0.3) is 0 Å². The SMILES string of the molecule is Cc1c(C(=O)NC2CCCc3ccccc32)[nH]c2c1C(=O)CCC2. The van der Waals surface area contributed by atoms with Crippen molar-refractivity contribution < 1.29 is 9.59 Å². The van der Waals surface area contributed by atoms with Crippen LogP contribution in [-0.2, 0) is 12.8 Å². The number of rotatable bonds is 2. The number of fused-ring (bicyclic) bond motifs is 2. The molecule has 124 valence electrons. The Kier molecular flexibility index (Phi) is 3.75. The van der Waals surface area contributed by atoms with Gasteiger partial charge >= 0.3 is 0 Å². The predicted molar refractivity (Wildman–Crippen MR) is 92.4 cm³/mol. The zero-order valence-electron chi connectivity index (χ0n) is 13.9. The van der Waals surface area contributed by atoms with Crippen molar-refractivity contribution in [1.82, 2.24) is 10.3 Å². The highest BCUT2D eigenvalue weighted by Crippen LogP contribution is 2.31. The van der Waals surface area contributed by atoms with Crippen molar-refractivity contribution >= 4 is 11.7 Å². The van der Waals surface area contributed by atoms with E-state index in [1.807, 2.05) is 13.0 Å². The monoisotopic (exact) mass is 322 g/mol. The molecule has 4 heteroatoms. The first-order valence-electron chi connectivity index (χ1n) is 8.78. The van der Waals surface area contributed by atoms with Gasteiger partial charge in [0.1, 0.15) is 5.69 Å². The smallest absolute Gasteiger partial charge is 0.268 e. The van der Waals surface area contributed by atoms with Crippen LogP contribution < -0.4 is 5.32 Å². The van der Waals surface area contributed by atoms with Crippen LogP contribution >= 0.6 is 0 Å². The number of amides is 1. The topological polar surface area (TPSA) is 62.0 Å². The Morgan fingerprint density at radius 2 is 2.00 bits per heavy atom. The molecule has 2 aromatic rings. The number of nitrogens with one attached hydrogen (secondary N) is 2. The molecular weight excluding hydrogens is 300 g/mol. The number of aromatic amines is 1. The Bertz CT molecular complexity index is 819.